The fourth-order valence-corrected chi connectivity index (χ4v) is 7.32. The molecule has 1 unspecified atom stereocenters. The van der Waals surface area contributed by atoms with Crippen molar-refractivity contribution in [1.82, 2.24) is 14.7 Å². The molecule has 4 bridgehead atoms. The predicted octanol–water partition coefficient (Wildman–Crippen LogP) is 4.73. The molecule has 1 saturated heterocycles. The molecule has 1 aromatic heterocycles. The van der Waals surface area contributed by atoms with Crippen LogP contribution in [0.3, 0.4) is 0 Å². The highest BCUT2D eigenvalue weighted by Crippen LogP contribution is 2.61. The van der Waals surface area contributed by atoms with Crippen LogP contribution in [-0.4, -0.2) is 27.1 Å². The van der Waals surface area contributed by atoms with E-state index in [0.29, 0.717) is 10.9 Å². The van der Waals surface area contributed by atoms with Gasteiger partial charge in [-0.15, -0.1) is 0 Å². The van der Waals surface area contributed by atoms with E-state index in [1.165, 1.54) is 25.7 Å². The molecule has 1 aliphatic heterocycles. The lowest BCUT2D eigenvalue weighted by Gasteiger charge is -2.57. The van der Waals surface area contributed by atoms with Gasteiger partial charge in [0.25, 0.3) is 0 Å². The summed E-state index contributed by atoms with van der Waals surface area (Å²) >= 11 is 6.50. The number of aromatic nitrogens is 2. The molecule has 0 spiro atoms. The number of carbonyl (C=O) groups is 1. The lowest BCUT2D eigenvalue weighted by Crippen LogP contribution is -2.55. The second kappa shape index (κ2) is 6.25. The highest BCUT2D eigenvalue weighted by molar-refractivity contribution is 6.31. The van der Waals surface area contributed by atoms with Crippen LogP contribution >= 0.6 is 11.6 Å². The van der Waals surface area contributed by atoms with Crippen molar-refractivity contribution in [3.05, 3.63) is 16.9 Å². The van der Waals surface area contributed by atoms with Crippen LogP contribution in [0.2, 0.25) is 5.02 Å². The molecule has 0 aromatic carbocycles. The molecule has 0 N–H and O–H groups in total. The van der Waals surface area contributed by atoms with Gasteiger partial charge >= 0.3 is 0 Å². The summed E-state index contributed by atoms with van der Waals surface area (Å²) < 4.78 is 1.79. The van der Waals surface area contributed by atoms with Crippen molar-refractivity contribution in [3.8, 4) is 0 Å². The summed E-state index contributed by atoms with van der Waals surface area (Å²) in [6.07, 6.45) is 13.9. The third kappa shape index (κ3) is 2.71. The van der Waals surface area contributed by atoms with Crippen LogP contribution in [0.4, 0.5) is 0 Å². The van der Waals surface area contributed by atoms with Crippen LogP contribution < -0.4 is 0 Å². The predicted molar refractivity (Wildman–Crippen MR) is 102 cm³/mol. The molecule has 5 heteroatoms. The standard InChI is InChI=1S/C21H30ClN3O/c1-24-13-17(22)19(23-24)18-5-3-2-4-6-25(18)20(26)21-10-14-7-15(11-21)9-16(8-14)12-21/h13-16,18H,2-12H2,1H3. The Kier molecular flexibility index (Phi) is 4.11. The van der Waals surface area contributed by atoms with Crippen LogP contribution in [0.25, 0.3) is 0 Å². The second-order valence-electron chi connectivity index (χ2n) is 9.60. The number of carbonyl (C=O) groups excluding carboxylic acids is 1. The number of amides is 1. The van der Waals surface area contributed by atoms with E-state index in [2.05, 4.69) is 10.00 Å². The third-order valence-electron chi connectivity index (χ3n) is 7.63. The molecule has 4 saturated carbocycles. The molecular formula is C21H30ClN3O. The average Bonchev–Trinajstić information content (AvgIpc) is 2.79. The molecular weight excluding hydrogens is 346 g/mol. The minimum atomic E-state index is -0.0708. The molecule has 5 aliphatic rings. The monoisotopic (exact) mass is 375 g/mol. The quantitative estimate of drug-likeness (QED) is 0.749. The second-order valence-corrected chi connectivity index (χ2v) is 10.0. The maximum Gasteiger partial charge on any atom is 0.229 e. The zero-order valence-electron chi connectivity index (χ0n) is 15.8. The van der Waals surface area contributed by atoms with E-state index < -0.39 is 0 Å². The van der Waals surface area contributed by atoms with Crippen LogP contribution in [-0.2, 0) is 11.8 Å². The maximum atomic E-state index is 14.0. The van der Waals surface area contributed by atoms with Crippen molar-refractivity contribution >= 4 is 17.5 Å². The van der Waals surface area contributed by atoms with E-state index in [9.17, 15) is 4.79 Å². The Hall–Kier alpha value is -1.03. The number of aryl methyl sites for hydroxylation is 1. The van der Waals surface area contributed by atoms with Crippen molar-refractivity contribution in [2.75, 3.05) is 6.54 Å². The minimum absolute atomic E-state index is 0.0618. The molecule has 26 heavy (non-hydrogen) atoms. The summed E-state index contributed by atoms with van der Waals surface area (Å²) in [4.78, 5) is 16.2. The van der Waals surface area contributed by atoms with E-state index in [1.54, 1.807) is 4.68 Å². The van der Waals surface area contributed by atoms with Gasteiger partial charge in [0.1, 0.15) is 5.69 Å². The Morgan fingerprint density at radius 3 is 2.35 bits per heavy atom. The molecule has 4 aliphatic carbocycles. The van der Waals surface area contributed by atoms with Crippen LogP contribution in [0, 0.1) is 23.2 Å². The first-order valence-corrected chi connectivity index (χ1v) is 10.9. The number of likely N-dealkylation sites (tertiary alicyclic amines) is 1. The van der Waals surface area contributed by atoms with Gasteiger partial charge in [-0.25, -0.2) is 0 Å². The third-order valence-corrected chi connectivity index (χ3v) is 7.92. The molecule has 1 amide bonds. The number of hydrogen-bond donors (Lipinski definition) is 0. The summed E-state index contributed by atoms with van der Waals surface area (Å²) in [6, 6.07) is 0.0618. The SMILES string of the molecule is Cn1cc(Cl)c(C2CCCCCN2C(=O)C23CC4CC(CC(C4)C2)C3)n1. The maximum absolute atomic E-state index is 14.0. The highest BCUT2D eigenvalue weighted by Gasteiger charge is 2.56. The highest BCUT2D eigenvalue weighted by atomic mass is 35.5. The zero-order chi connectivity index (χ0) is 17.9. The van der Waals surface area contributed by atoms with Crippen LogP contribution in [0.15, 0.2) is 6.20 Å². The number of hydrogen-bond acceptors (Lipinski definition) is 2. The molecule has 6 rings (SSSR count). The summed E-state index contributed by atoms with van der Waals surface area (Å²) in [5, 5.41) is 5.36. The first-order chi connectivity index (χ1) is 12.5. The van der Waals surface area contributed by atoms with E-state index in [4.69, 9.17) is 11.6 Å². The van der Waals surface area contributed by atoms with Gasteiger partial charge in [0.05, 0.1) is 16.5 Å². The van der Waals surface area contributed by atoms with Crippen molar-refractivity contribution in [1.29, 1.82) is 0 Å². The van der Waals surface area contributed by atoms with Crippen molar-refractivity contribution < 1.29 is 4.79 Å². The minimum Gasteiger partial charge on any atom is -0.333 e. The van der Waals surface area contributed by atoms with Gasteiger partial charge < -0.3 is 4.90 Å². The normalized spacial score (nSPS) is 39.2. The molecule has 142 valence electrons. The summed E-state index contributed by atoms with van der Waals surface area (Å²) in [7, 11) is 1.91. The summed E-state index contributed by atoms with van der Waals surface area (Å²) in [6.45, 7) is 0.873. The molecule has 2 heterocycles. The smallest absolute Gasteiger partial charge is 0.229 e. The Morgan fingerprint density at radius 2 is 1.77 bits per heavy atom. The van der Waals surface area contributed by atoms with Gasteiger partial charge in [-0.05, 0) is 69.1 Å². The van der Waals surface area contributed by atoms with E-state index in [0.717, 1.165) is 68.5 Å². The lowest BCUT2D eigenvalue weighted by molar-refractivity contribution is -0.160. The molecule has 0 radical (unpaired) electrons. The van der Waals surface area contributed by atoms with Gasteiger partial charge in [-0.1, -0.05) is 24.4 Å². The van der Waals surface area contributed by atoms with E-state index in [1.807, 2.05) is 13.2 Å². The van der Waals surface area contributed by atoms with E-state index in [-0.39, 0.29) is 11.5 Å². The average molecular weight is 376 g/mol. The largest absolute Gasteiger partial charge is 0.333 e. The Labute approximate surface area is 161 Å². The van der Waals surface area contributed by atoms with Gasteiger partial charge in [0.15, 0.2) is 0 Å². The van der Waals surface area contributed by atoms with Gasteiger partial charge in [-0.2, -0.15) is 5.10 Å². The number of halogens is 1. The fourth-order valence-electron chi connectivity index (χ4n) is 7.02. The van der Waals surface area contributed by atoms with Gasteiger partial charge in [0, 0.05) is 19.8 Å². The molecule has 1 aromatic rings. The Bertz CT molecular complexity index is 677. The lowest BCUT2D eigenvalue weighted by atomic mass is 9.49. The van der Waals surface area contributed by atoms with Crippen LogP contribution in [0.1, 0.15) is 75.9 Å². The molecule has 5 fully saturated rings. The zero-order valence-corrected chi connectivity index (χ0v) is 16.5. The first kappa shape index (κ1) is 17.1. The van der Waals surface area contributed by atoms with Gasteiger partial charge in [0.2, 0.25) is 5.91 Å². The van der Waals surface area contributed by atoms with E-state index >= 15 is 0 Å². The van der Waals surface area contributed by atoms with Crippen LogP contribution in [0.5, 0.6) is 0 Å². The fraction of sp³-hybridized carbons (Fsp3) is 0.810. The Morgan fingerprint density at radius 1 is 1.12 bits per heavy atom. The molecule has 4 nitrogen and oxygen atoms in total. The molecule has 1 atom stereocenters. The van der Waals surface area contributed by atoms with Crippen molar-refractivity contribution in [2.45, 2.75) is 70.3 Å². The number of rotatable bonds is 2. The van der Waals surface area contributed by atoms with Crippen molar-refractivity contribution in [3.63, 3.8) is 0 Å². The topological polar surface area (TPSA) is 38.1 Å². The summed E-state index contributed by atoms with van der Waals surface area (Å²) in [5.41, 5.74) is 0.840. The Balaban J connectivity index is 1.48. The van der Waals surface area contributed by atoms with Gasteiger partial charge in [-0.3, -0.25) is 9.48 Å². The first-order valence-electron chi connectivity index (χ1n) is 10.5. The number of nitrogens with zero attached hydrogens (tertiary/aromatic N) is 3. The summed E-state index contributed by atoms with van der Waals surface area (Å²) in [5.74, 6) is 2.84. The van der Waals surface area contributed by atoms with Crippen molar-refractivity contribution in [2.24, 2.45) is 30.2 Å².